The summed E-state index contributed by atoms with van der Waals surface area (Å²) < 4.78 is 12.0. The molecule has 1 saturated heterocycles. The van der Waals surface area contributed by atoms with E-state index in [2.05, 4.69) is 27.4 Å². The summed E-state index contributed by atoms with van der Waals surface area (Å²) in [6.07, 6.45) is 5.94. The van der Waals surface area contributed by atoms with Crippen LogP contribution in [0.15, 0.2) is 53.3 Å². The van der Waals surface area contributed by atoms with Gasteiger partial charge in [-0.15, -0.1) is 0 Å². The predicted octanol–water partition coefficient (Wildman–Crippen LogP) is 3.37. The van der Waals surface area contributed by atoms with Gasteiger partial charge in [-0.05, 0) is 37.1 Å². The lowest BCUT2D eigenvalue weighted by atomic mass is 10.1. The lowest BCUT2D eigenvalue weighted by molar-refractivity contribution is -0.121. The zero-order chi connectivity index (χ0) is 24.6. The molecule has 1 aliphatic heterocycles. The minimum atomic E-state index is -0.228. The first kappa shape index (κ1) is 24.1. The van der Waals surface area contributed by atoms with Crippen LogP contribution in [-0.2, 0) is 16.0 Å². The second-order valence-electron chi connectivity index (χ2n) is 8.07. The third-order valence-electron chi connectivity index (χ3n) is 5.52. The number of ether oxygens (including phenoxy) is 1. The molecule has 0 spiro atoms. The number of morpholine rings is 1. The van der Waals surface area contributed by atoms with Crippen LogP contribution in [0.25, 0.3) is 17.0 Å². The van der Waals surface area contributed by atoms with Crippen molar-refractivity contribution in [3.63, 3.8) is 0 Å². The minimum absolute atomic E-state index is 0.228. The van der Waals surface area contributed by atoms with Gasteiger partial charge in [0.15, 0.2) is 0 Å². The number of anilines is 1. The van der Waals surface area contributed by atoms with E-state index in [4.69, 9.17) is 9.26 Å². The van der Waals surface area contributed by atoms with Crippen molar-refractivity contribution < 1.29 is 18.8 Å². The molecule has 35 heavy (non-hydrogen) atoms. The number of nitrogens with one attached hydrogen (secondary N) is 1. The molecule has 182 valence electrons. The maximum absolute atomic E-state index is 12.8. The molecule has 1 N–H and O–H groups in total. The van der Waals surface area contributed by atoms with Crippen LogP contribution in [-0.4, -0.2) is 63.0 Å². The van der Waals surface area contributed by atoms with Gasteiger partial charge in [0.2, 0.25) is 18.1 Å². The summed E-state index contributed by atoms with van der Waals surface area (Å²) in [5, 5.41) is 6.99. The molecular formula is C25H28N6O4. The highest BCUT2D eigenvalue weighted by molar-refractivity contribution is 6.04. The van der Waals surface area contributed by atoms with Gasteiger partial charge in [-0.3, -0.25) is 14.0 Å². The topological polar surface area (TPSA) is 115 Å². The quantitative estimate of drug-likeness (QED) is 0.424. The summed E-state index contributed by atoms with van der Waals surface area (Å²) in [6.45, 7) is 6.89. The van der Waals surface area contributed by atoms with E-state index in [0.717, 1.165) is 49.1 Å². The van der Waals surface area contributed by atoms with Crippen LogP contribution in [0.5, 0.6) is 0 Å². The molecule has 1 aromatic carbocycles. The number of rotatable bonds is 6. The second kappa shape index (κ2) is 11.4. The molecule has 10 heteroatoms. The van der Waals surface area contributed by atoms with E-state index in [1.165, 1.54) is 0 Å². The van der Waals surface area contributed by atoms with Gasteiger partial charge in [0.05, 0.1) is 19.4 Å². The summed E-state index contributed by atoms with van der Waals surface area (Å²) in [6, 6.07) is 11.3. The van der Waals surface area contributed by atoms with Gasteiger partial charge in [0.1, 0.15) is 11.3 Å². The van der Waals surface area contributed by atoms with Gasteiger partial charge < -0.3 is 19.5 Å². The average Bonchev–Trinajstić information content (AvgIpc) is 3.54. The van der Waals surface area contributed by atoms with Crippen molar-refractivity contribution in [2.45, 2.75) is 26.7 Å². The Labute approximate surface area is 202 Å². The fraction of sp³-hybridized carbons (Fsp3) is 0.320. The van der Waals surface area contributed by atoms with Crippen LogP contribution >= 0.6 is 0 Å². The Bertz CT molecular complexity index is 1290. The highest BCUT2D eigenvalue weighted by atomic mass is 16.5. The normalized spacial score (nSPS) is 13.3. The summed E-state index contributed by atoms with van der Waals surface area (Å²) >= 11 is 0. The van der Waals surface area contributed by atoms with E-state index in [0.29, 0.717) is 36.3 Å². The number of carbonyl (C=O) groups is 2. The lowest BCUT2D eigenvalue weighted by Gasteiger charge is -2.21. The number of aromatic nitrogens is 4. The molecule has 1 aliphatic rings. The Morgan fingerprint density at radius 2 is 2.03 bits per heavy atom. The molecule has 3 aromatic heterocycles. The smallest absolute Gasteiger partial charge is 0.274 e. The van der Waals surface area contributed by atoms with Gasteiger partial charge >= 0.3 is 0 Å². The number of carbonyl (C=O) groups excluding carboxylic acids is 2. The first-order valence-corrected chi connectivity index (χ1v) is 11.5. The number of imidazole rings is 1. The van der Waals surface area contributed by atoms with E-state index >= 15 is 0 Å². The number of hydrogen-bond donors (Lipinski definition) is 1. The number of hydrogen-bond acceptors (Lipinski definition) is 7. The summed E-state index contributed by atoms with van der Waals surface area (Å²) in [5.41, 5.74) is 3.63. The SMILES string of the molecule is CCCc1nc(-c2ccc(C)c(NC(=O)c3cnc4ccccn34)c2)no1.O=CN1CCOCC1. The standard InChI is InChI=1S/C20H19N5O2.C5H9NO2/c1-3-6-18-23-19(24-27-18)14-9-8-13(2)15(11-14)22-20(26)16-12-21-17-7-4-5-10-25(16)17;7-5-6-1-3-8-4-2-6/h4-5,7-12H,3,6H2,1-2H3,(H,22,26);5H,1-4H2. The molecule has 0 saturated carbocycles. The van der Waals surface area contributed by atoms with Crippen LogP contribution < -0.4 is 5.32 Å². The fourth-order valence-corrected chi connectivity index (χ4v) is 3.55. The zero-order valence-electron chi connectivity index (χ0n) is 19.8. The number of aryl methyl sites for hydroxylation is 2. The fourth-order valence-electron chi connectivity index (χ4n) is 3.55. The summed E-state index contributed by atoms with van der Waals surface area (Å²) in [4.78, 5) is 33.2. The van der Waals surface area contributed by atoms with Gasteiger partial charge in [0, 0.05) is 37.0 Å². The molecule has 2 amide bonds. The molecule has 10 nitrogen and oxygen atoms in total. The number of nitrogens with zero attached hydrogens (tertiary/aromatic N) is 5. The van der Waals surface area contributed by atoms with E-state index < -0.39 is 0 Å². The van der Waals surface area contributed by atoms with Crippen molar-refractivity contribution in [1.29, 1.82) is 0 Å². The van der Waals surface area contributed by atoms with Crippen molar-refractivity contribution in [3.8, 4) is 11.4 Å². The van der Waals surface area contributed by atoms with Crippen LogP contribution in [0.1, 0.15) is 35.3 Å². The van der Waals surface area contributed by atoms with Gasteiger partial charge in [-0.2, -0.15) is 4.98 Å². The van der Waals surface area contributed by atoms with Crippen molar-refractivity contribution in [1.82, 2.24) is 24.4 Å². The van der Waals surface area contributed by atoms with Crippen molar-refractivity contribution in [2.75, 3.05) is 31.6 Å². The van der Waals surface area contributed by atoms with Crippen LogP contribution in [0.3, 0.4) is 0 Å². The number of fused-ring (bicyclic) bond motifs is 1. The number of pyridine rings is 1. The van der Waals surface area contributed by atoms with Gasteiger partial charge in [0.25, 0.3) is 5.91 Å². The van der Waals surface area contributed by atoms with Crippen LogP contribution in [0.2, 0.25) is 0 Å². The first-order chi connectivity index (χ1) is 17.1. The van der Waals surface area contributed by atoms with Crippen LogP contribution in [0, 0.1) is 6.92 Å². The molecule has 0 radical (unpaired) electrons. The van der Waals surface area contributed by atoms with Crippen molar-refractivity contribution >= 4 is 23.7 Å². The van der Waals surface area contributed by atoms with Gasteiger partial charge in [-0.25, -0.2) is 4.98 Å². The monoisotopic (exact) mass is 476 g/mol. The third-order valence-corrected chi connectivity index (χ3v) is 5.52. The van der Waals surface area contributed by atoms with E-state index in [1.54, 1.807) is 15.5 Å². The predicted molar refractivity (Wildman–Crippen MR) is 130 cm³/mol. The van der Waals surface area contributed by atoms with E-state index in [1.807, 2.05) is 49.5 Å². The Hall–Kier alpha value is -4.05. The van der Waals surface area contributed by atoms with E-state index in [9.17, 15) is 9.59 Å². The Balaban J connectivity index is 0.000000308. The minimum Gasteiger partial charge on any atom is -0.378 e. The Morgan fingerprint density at radius 1 is 1.20 bits per heavy atom. The highest BCUT2D eigenvalue weighted by Crippen LogP contribution is 2.24. The first-order valence-electron chi connectivity index (χ1n) is 11.5. The second-order valence-corrected chi connectivity index (χ2v) is 8.07. The van der Waals surface area contributed by atoms with Gasteiger partial charge in [-0.1, -0.05) is 30.3 Å². The number of benzene rings is 1. The number of amides is 2. The molecule has 0 bridgehead atoms. The summed E-state index contributed by atoms with van der Waals surface area (Å²) in [7, 11) is 0. The molecule has 4 heterocycles. The maximum Gasteiger partial charge on any atom is 0.274 e. The largest absolute Gasteiger partial charge is 0.378 e. The Morgan fingerprint density at radius 3 is 2.77 bits per heavy atom. The van der Waals surface area contributed by atoms with E-state index in [-0.39, 0.29) is 5.91 Å². The van der Waals surface area contributed by atoms with Crippen molar-refractivity contribution in [3.05, 3.63) is 65.9 Å². The molecule has 1 fully saturated rings. The molecule has 4 aromatic rings. The average molecular weight is 477 g/mol. The molecule has 0 unspecified atom stereocenters. The van der Waals surface area contributed by atoms with Crippen molar-refractivity contribution in [2.24, 2.45) is 0 Å². The molecular weight excluding hydrogens is 448 g/mol. The Kier molecular flexibility index (Phi) is 7.84. The molecule has 0 aliphatic carbocycles. The van der Waals surface area contributed by atoms with Crippen LogP contribution in [0.4, 0.5) is 5.69 Å². The summed E-state index contributed by atoms with van der Waals surface area (Å²) in [5.74, 6) is 0.905. The lowest BCUT2D eigenvalue weighted by Crippen LogP contribution is -2.34. The third kappa shape index (κ3) is 5.90. The highest BCUT2D eigenvalue weighted by Gasteiger charge is 2.15. The molecule has 0 atom stereocenters. The molecule has 5 rings (SSSR count). The zero-order valence-corrected chi connectivity index (χ0v) is 19.8. The maximum atomic E-state index is 12.8.